The van der Waals surface area contributed by atoms with E-state index in [1.165, 1.54) is 27.5 Å². The Morgan fingerprint density at radius 2 is 1.43 bits per heavy atom. The Hall–Kier alpha value is -0.670. The number of benzene rings is 1. The molecule has 0 aliphatic heterocycles. The van der Waals surface area contributed by atoms with Crippen molar-refractivity contribution in [2.75, 3.05) is 0 Å². The molecule has 0 aliphatic rings. The molecule has 0 bridgehead atoms. The van der Waals surface area contributed by atoms with Crippen LogP contribution in [0.25, 0.3) is 0 Å². The average Bonchev–Trinajstić information content (AvgIpc) is 2.00. The van der Waals surface area contributed by atoms with Gasteiger partial charge in [0.25, 0.3) is 0 Å². The van der Waals surface area contributed by atoms with Gasteiger partial charge in [-0.1, -0.05) is 0 Å². The van der Waals surface area contributed by atoms with Crippen LogP contribution < -0.4 is 0 Å². The standard InChI is InChI=1S/C7H6F5NTe/c8-14(9,10,11,12)13-6-7-4-2-1-3-5-7/h1-6H/b13-6+. The van der Waals surface area contributed by atoms with E-state index in [0.29, 0.717) is 0 Å². The van der Waals surface area contributed by atoms with Gasteiger partial charge in [-0.2, -0.15) is 0 Å². The van der Waals surface area contributed by atoms with Crippen molar-refractivity contribution in [2.45, 2.75) is 0 Å². The summed E-state index contributed by atoms with van der Waals surface area (Å²) in [5.74, 6) is 0. The van der Waals surface area contributed by atoms with Gasteiger partial charge in [0, 0.05) is 0 Å². The molecule has 0 aliphatic carbocycles. The van der Waals surface area contributed by atoms with Crippen molar-refractivity contribution < 1.29 is 14.5 Å². The van der Waals surface area contributed by atoms with Crippen molar-refractivity contribution in [1.29, 1.82) is 0 Å². The summed E-state index contributed by atoms with van der Waals surface area (Å²) >= 11 is -10.5. The molecule has 0 amide bonds. The zero-order chi connectivity index (χ0) is 10.9. The summed E-state index contributed by atoms with van der Waals surface area (Å²) < 4.78 is 60.4. The summed E-state index contributed by atoms with van der Waals surface area (Å²) in [4.78, 5) is 0. The molecule has 0 atom stereocenters. The van der Waals surface area contributed by atoms with Crippen molar-refractivity contribution in [3.8, 4) is 0 Å². The third-order valence-corrected chi connectivity index (χ3v) is 2.64. The van der Waals surface area contributed by atoms with E-state index in [1.807, 2.05) is 0 Å². The molecule has 1 rings (SSSR count). The molecule has 1 aromatic rings. The molecular weight excluding hydrogens is 321 g/mol. The predicted molar refractivity (Wildman–Crippen MR) is 45.3 cm³/mol. The van der Waals surface area contributed by atoms with Crippen LogP contribution in [0.3, 0.4) is 0 Å². The van der Waals surface area contributed by atoms with Gasteiger partial charge in [-0.3, -0.25) is 0 Å². The number of halogens is 5. The minimum absolute atomic E-state index is 0.00931. The van der Waals surface area contributed by atoms with Crippen LogP contribution in [0.2, 0.25) is 0 Å². The molecule has 0 radical (unpaired) electrons. The molecular formula is C7H6F5NTe. The third-order valence-electron chi connectivity index (χ3n) is 1.20. The fourth-order valence-electron chi connectivity index (χ4n) is 0.700. The first-order valence-electron chi connectivity index (χ1n) is 3.41. The first-order valence-corrected chi connectivity index (χ1v) is 8.86. The van der Waals surface area contributed by atoms with Gasteiger partial charge in [-0.05, 0) is 0 Å². The quantitative estimate of drug-likeness (QED) is 0.449. The number of hydrogen-bond donors (Lipinski definition) is 0. The molecule has 1 nitrogen and oxygen atoms in total. The summed E-state index contributed by atoms with van der Waals surface area (Å²) in [6.07, 6.45) is 0.144. The zero-order valence-electron chi connectivity index (χ0n) is 6.71. The predicted octanol–water partition coefficient (Wildman–Crippen LogP) is 3.29. The van der Waals surface area contributed by atoms with Crippen LogP contribution in [0.5, 0.6) is 0 Å². The Morgan fingerprint density at radius 3 is 1.86 bits per heavy atom. The van der Waals surface area contributed by atoms with E-state index in [-0.39, 0.29) is 11.8 Å². The molecule has 7 heteroatoms. The van der Waals surface area contributed by atoms with Gasteiger partial charge < -0.3 is 0 Å². The monoisotopic (exact) mass is 329 g/mol. The van der Waals surface area contributed by atoms with E-state index in [2.05, 4.69) is 0 Å². The molecule has 1 aromatic carbocycles. The molecule has 0 aromatic heterocycles. The van der Waals surface area contributed by atoms with E-state index >= 15 is 0 Å². The van der Waals surface area contributed by atoms with Crippen molar-refractivity contribution >= 4 is 24.8 Å². The van der Waals surface area contributed by atoms with Crippen LogP contribution in [-0.2, 0) is 0 Å². The van der Waals surface area contributed by atoms with Crippen LogP contribution in [0.4, 0.5) is 14.5 Å². The molecule has 0 saturated carbocycles. The van der Waals surface area contributed by atoms with Gasteiger partial charge in [0.1, 0.15) is 0 Å². The minimum atomic E-state index is -10.5. The number of nitrogens with zero attached hydrogens (tertiary/aromatic N) is 1. The molecule has 0 N–H and O–H groups in total. The SMILES string of the molecule is F[Te](F)(F)(F)(F)/N=C/c1ccccc1. The number of hydrogen-bond acceptors (Lipinski definition) is 1. The van der Waals surface area contributed by atoms with E-state index < -0.39 is 18.5 Å². The Bertz CT molecular complexity index is 353. The molecule has 14 heavy (non-hydrogen) atoms. The van der Waals surface area contributed by atoms with Crippen LogP contribution in [0.1, 0.15) is 5.56 Å². The molecule has 0 spiro atoms. The van der Waals surface area contributed by atoms with Crippen molar-refractivity contribution in [1.82, 2.24) is 0 Å². The van der Waals surface area contributed by atoms with Gasteiger partial charge in [0.2, 0.25) is 0 Å². The second-order valence-corrected chi connectivity index (χ2v) is 8.47. The fourth-order valence-corrected chi connectivity index (χ4v) is 1.62. The van der Waals surface area contributed by atoms with E-state index in [1.54, 1.807) is 6.07 Å². The summed E-state index contributed by atoms with van der Waals surface area (Å²) in [6.45, 7) is 0. The normalized spacial score (nSPS) is 17.8. The Balaban J connectivity index is 2.97. The summed E-state index contributed by atoms with van der Waals surface area (Å²) in [5.41, 5.74) is -0.00931. The number of rotatable bonds is 2. The maximum atomic E-state index is 11.8. The van der Waals surface area contributed by atoms with Gasteiger partial charge in [-0.15, -0.1) is 0 Å². The van der Waals surface area contributed by atoms with Crippen LogP contribution >= 0.6 is 0 Å². The van der Waals surface area contributed by atoms with Crippen LogP contribution in [0.15, 0.2) is 33.6 Å². The van der Waals surface area contributed by atoms with E-state index in [0.717, 1.165) is 0 Å². The van der Waals surface area contributed by atoms with E-state index in [9.17, 15) is 14.5 Å². The summed E-state index contributed by atoms with van der Waals surface area (Å²) in [6, 6.07) is 6.93. The zero-order valence-corrected chi connectivity index (χ0v) is 9.04. The Labute approximate surface area is 78.6 Å². The van der Waals surface area contributed by atoms with Gasteiger partial charge >= 0.3 is 78.4 Å². The Morgan fingerprint density at radius 1 is 0.929 bits per heavy atom. The maximum absolute atomic E-state index is 11.8. The summed E-state index contributed by atoms with van der Waals surface area (Å²) in [7, 11) is 0. The van der Waals surface area contributed by atoms with Crippen molar-refractivity contribution in [3.05, 3.63) is 35.9 Å². The van der Waals surface area contributed by atoms with Crippen LogP contribution in [0, 0.1) is 0 Å². The fraction of sp³-hybridized carbons (Fsp3) is 0. The first-order chi connectivity index (χ1) is 6.05. The second-order valence-electron chi connectivity index (χ2n) is 2.57. The van der Waals surface area contributed by atoms with Crippen LogP contribution in [-0.4, -0.2) is 24.8 Å². The van der Waals surface area contributed by atoms with Crippen molar-refractivity contribution in [3.63, 3.8) is 0 Å². The second kappa shape index (κ2) is 2.67. The van der Waals surface area contributed by atoms with Crippen molar-refractivity contribution in [2.24, 2.45) is 3.24 Å². The summed E-state index contributed by atoms with van der Waals surface area (Å²) in [5, 5.41) is 0. The molecule has 0 heterocycles. The van der Waals surface area contributed by atoms with Gasteiger partial charge in [-0.25, -0.2) is 0 Å². The molecule has 0 fully saturated rings. The molecule has 80 valence electrons. The third kappa shape index (κ3) is 5.14. The van der Waals surface area contributed by atoms with Gasteiger partial charge in [0.15, 0.2) is 0 Å². The van der Waals surface area contributed by atoms with E-state index in [4.69, 9.17) is 0 Å². The first kappa shape index (κ1) is 11.4. The molecule has 0 unspecified atom stereocenters. The topological polar surface area (TPSA) is 12.4 Å². The Kier molecular flexibility index (Phi) is 2.18. The molecule has 0 saturated heterocycles. The van der Waals surface area contributed by atoms with Gasteiger partial charge in [0.05, 0.1) is 0 Å². The average molecular weight is 327 g/mol.